The summed E-state index contributed by atoms with van der Waals surface area (Å²) in [5.41, 5.74) is 0.761. The molecule has 136 valence electrons. The minimum atomic E-state index is -0.940. The number of allylic oxidation sites excluding steroid dienone is 2. The quantitative estimate of drug-likeness (QED) is 0.644. The Morgan fingerprint density at radius 1 is 1.08 bits per heavy atom. The maximum absolute atomic E-state index is 11.2. The van der Waals surface area contributed by atoms with Crippen LogP contribution in [0, 0.1) is 28.6 Å². The normalized spacial score (nSPS) is 55.2. The van der Waals surface area contributed by atoms with Gasteiger partial charge in [0.15, 0.2) is 0 Å². The van der Waals surface area contributed by atoms with Crippen LogP contribution in [0.25, 0.3) is 0 Å². The van der Waals surface area contributed by atoms with Crippen LogP contribution in [0.2, 0.25) is 0 Å². The van der Waals surface area contributed by atoms with Crippen LogP contribution in [0.1, 0.15) is 72.1 Å². The second-order valence-corrected chi connectivity index (χ2v) is 9.77. The van der Waals surface area contributed by atoms with Crippen molar-refractivity contribution in [3.63, 3.8) is 0 Å². The zero-order valence-electron chi connectivity index (χ0n) is 15.5. The van der Waals surface area contributed by atoms with Gasteiger partial charge in [0.1, 0.15) is 0 Å². The van der Waals surface area contributed by atoms with E-state index in [1.807, 2.05) is 0 Å². The van der Waals surface area contributed by atoms with Gasteiger partial charge in [0, 0.05) is 5.41 Å². The number of aliphatic hydroxyl groups is 3. The second-order valence-electron chi connectivity index (χ2n) is 9.77. The van der Waals surface area contributed by atoms with Gasteiger partial charge in [-0.3, -0.25) is 0 Å². The Labute approximate surface area is 146 Å². The summed E-state index contributed by atoms with van der Waals surface area (Å²) in [5.74, 6) is 1.63. The molecule has 3 fully saturated rings. The Balaban J connectivity index is 1.69. The maximum Gasteiger partial charge on any atom is 0.0961 e. The number of fused-ring (bicyclic) bond motifs is 5. The van der Waals surface area contributed by atoms with Crippen molar-refractivity contribution in [2.75, 3.05) is 0 Å². The molecule has 24 heavy (non-hydrogen) atoms. The molecule has 4 rings (SSSR count). The fraction of sp³-hybridized carbons (Fsp3) is 0.905. The van der Waals surface area contributed by atoms with Crippen molar-refractivity contribution in [3.8, 4) is 0 Å². The molecule has 0 radical (unpaired) electrons. The van der Waals surface area contributed by atoms with Crippen LogP contribution in [-0.4, -0.2) is 33.1 Å². The van der Waals surface area contributed by atoms with Gasteiger partial charge in [-0.05, 0) is 81.5 Å². The second kappa shape index (κ2) is 5.31. The van der Waals surface area contributed by atoms with E-state index in [0.717, 1.165) is 51.4 Å². The van der Waals surface area contributed by atoms with Crippen molar-refractivity contribution in [2.24, 2.45) is 28.6 Å². The summed E-state index contributed by atoms with van der Waals surface area (Å²) >= 11 is 0. The van der Waals surface area contributed by atoms with Crippen LogP contribution < -0.4 is 0 Å². The average molecular weight is 335 g/mol. The molecule has 0 heterocycles. The van der Waals surface area contributed by atoms with Crippen LogP contribution in [0.4, 0.5) is 0 Å². The third kappa shape index (κ3) is 2.01. The molecule has 0 saturated heterocycles. The average Bonchev–Trinajstić information content (AvgIpc) is 2.81. The number of aliphatic hydroxyl groups excluding tert-OH is 2. The highest BCUT2D eigenvalue weighted by Gasteiger charge is 2.64. The van der Waals surface area contributed by atoms with Crippen molar-refractivity contribution < 1.29 is 15.3 Å². The van der Waals surface area contributed by atoms with Crippen molar-refractivity contribution in [1.82, 2.24) is 0 Å². The van der Waals surface area contributed by atoms with Gasteiger partial charge in [-0.25, -0.2) is 0 Å². The summed E-state index contributed by atoms with van der Waals surface area (Å²) in [7, 11) is 0. The maximum atomic E-state index is 11.2. The van der Waals surface area contributed by atoms with E-state index < -0.39 is 11.7 Å². The van der Waals surface area contributed by atoms with Gasteiger partial charge in [-0.2, -0.15) is 0 Å². The summed E-state index contributed by atoms with van der Waals surface area (Å²) in [6.45, 7) is 6.43. The third-order valence-electron chi connectivity index (χ3n) is 8.96. The molecule has 0 aromatic carbocycles. The largest absolute Gasteiger partial charge is 0.393 e. The highest BCUT2D eigenvalue weighted by atomic mass is 16.3. The monoisotopic (exact) mass is 334 g/mol. The SMILES string of the molecule is CC(O)C1(O)CCC2C3=CCC4CC(O)CCC4(C)C3CCC21C. The molecule has 8 unspecified atom stereocenters. The molecule has 3 nitrogen and oxygen atoms in total. The molecule has 0 aromatic heterocycles. The van der Waals surface area contributed by atoms with E-state index in [1.165, 1.54) is 0 Å². The van der Waals surface area contributed by atoms with Gasteiger partial charge in [-0.1, -0.05) is 25.5 Å². The van der Waals surface area contributed by atoms with Gasteiger partial charge in [-0.15, -0.1) is 0 Å². The molecule has 3 N–H and O–H groups in total. The lowest BCUT2D eigenvalue weighted by molar-refractivity contribution is -0.152. The van der Waals surface area contributed by atoms with E-state index in [4.69, 9.17) is 0 Å². The van der Waals surface area contributed by atoms with E-state index >= 15 is 0 Å². The molecule has 3 saturated carbocycles. The van der Waals surface area contributed by atoms with Crippen molar-refractivity contribution in [2.45, 2.75) is 89.9 Å². The van der Waals surface area contributed by atoms with Gasteiger partial charge in [0.05, 0.1) is 17.8 Å². The van der Waals surface area contributed by atoms with E-state index in [1.54, 1.807) is 12.5 Å². The van der Waals surface area contributed by atoms with E-state index in [-0.39, 0.29) is 11.5 Å². The zero-order valence-corrected chi connectivity index (χ0v) is 15.5. The summed E-state index contributed by atoms with van der Waals surface area (Å²) in [6, 6.07) is 0. The fourth-order valence-corrected chi connectivity index (χ4v) is 7.23. The summed E-state index contributed by atoms with van der Waals surface area (Å²) < 4.78 is 0. The molecule has 0 aromatic rings. The summed E-state index contributed by atoms with van der Waals surface area (Å²) in [4.78, 5) is 0. The van der Waals surface area contributed by atoms with E-state index in [2.05, 4.69) is 19.9 Å². The minimum absolute atomic E-state index is 0.112. The number of hydrogen-bond donors (Lipinski definition) is 3. The fourth-order valence-electron chi connectivity index (χ4n) is 7.23. The molecule has 0 spiro atoms. The molecule has 0 bridgehead atoms. The first-order valence-electron chi connectivity index (χ1n) is 10.0. The number of hydrogen-bond acceptors (Lipinski definition) is 3. The van der Waals surface area contributed by atoms with Gasteiger partial charge < -0.3 is 15.3 Å². The smallest absolute Gasteiger partial charge is 0.0961 e. The summed E-state index contributed by atoms with van der Waals surface area (Å²) in [5, 5.41) is 31.6. The van der Waals surface area contributed by atoms with Crippen molar-refractivity contribution in [1.29, 1.82) is 0 Å². The lowest BCUT2D eigenvalue weighted by atomic mass is 9.47. The predicted octanol–water partition coefficient (Wildman–Crippen LogP) is 3.42. The zero-order chi connectivity index (χ0) is 17.3. The summed E-state index contributed by atoms with van der Waals surface area (Å²) in [6.07, 6.45) is 9.64. The first kappa shape index (κ1) is 17.1. The van der Waals surface area contributed by atoms with Crippen LogP contribution in [0.5, 0.6) is 0 Å². The van der Waals surface area contributed by atoms with Crippen LogP contribution in [0.3, 0.4) is 0 Å². The Morgan fingerprint density at radius 2 is 1.79 bits per heavy atom. The van der Waals surface area contributed by atoms with E-state index in [0.29, 0.717) is 23.2 Å². The molecule has 0 amide bonds. The van der Waals surface area contributed by atoms with Gasteiger partial charge in [0.2, 0.25) is 0 Å². The lowest BCUT2D eigenvalue weighted by Crippen LogP contribution is -2.56. The molecule has 8 atom stereocenters. The lowest BCUT2D eigenvalue weighted by Gasteiger charge is -2.58. The molecule has 0 aliphatic heterocycles. The van der Waals surface area contributed by atoms with Crippen LogP contribution in [0.15, 0.2) is 11.6 Å². The predicted molar refractivity (Wildman–Crippen MR) is 94.3 cm³/mol. The van der Waals surface area contributed by atoms with Crippen LogP contribution in [-0.2, 0) is 0 Å². The topological polar surface area (TPSA) is 60.7 Å². The Morgan fingerprint density at radius 3 is 2.50 bits per heavy atom. The Bertz CT molecular complexity index is 555. The van der Waals surface area contributed by atoms with Crippen molar-refractivity contribution >= 4 is 0 Å². The van der Waals surface area contributed by atoms with Crippen molar-refractivity contribution in [3.05, 3.63) is 11.6 Å². The minimum Gasteiger partial charge on any atom is -0.393 e. The first-order valence-corrected chi connectivity index (χ1v) is 10.0. The van der Waals surface area contributed by atoms with Gasteiger partial charge >= 0.3 is 0 Å². The Kier molecular flexibility index (Phi) is 3.77. The van der Waals surface area contributed by atoms with Gasteiger partial charge in [0.25, 0.3) is 0 Å². The first-order chi connectivity index (χ1) is 11.2. The standard InChI is InChI=1S/C21H34O3/c1-13(22)21(24)11-8-18-16-5-4-14-12-15(23)6-9-19(14,2)17(16)7-10-20(18,21)3/h5,13-15,17-18,22-24H,4,6-12H2,1-3H3. The third-order valence-corrected chi connectivity index (χ3v) is 8.96. The molecular formula is C21H34O3. The number of rotatable bonds is 1. The molecule has 3 heteroatoms. The molecule has 4 aliphatic rings. The highest BCUT2D eigenvalue weighted by molar-refractivity contribution is 5.30. The molecule has 4 aliphatic carbocycles. The molecular weight excluding hydrogens is 300 g/mol. The Hall–Kier alpha value is -0.380. The van der Waals surface area contributed by atoms with Crippen LogP contribution >= 0.6 is 0 Å². The van der Waals surface area contributed by atoms with E-state index in [9.17, 15) is 15.3 Å². The highest BCUT2D eigenvalue weighted by Crippen LogP contribution is 2.67.